The van der Waals surface area contributed by atoms with Crippen LogP contribution in [0.4, 0.5) is 4.79 Å². The lowest BCUT2D eigenvalue weighted by Gasteiger charge is -2.19. The molecule has 0 aliphatic carbocycles. The van der Waals surface area contributed by atoms with Gasteiger partial charge in [-0.2, -0.15) is 5.06 Å². The van der Waals surface area contributed by atoms with Gasteiger partial charge in [-0.3, -0.25) is 5.21 Å². The van der Waals surface area contributed by atoms with E-state index in [-0.39, 0.29) is 6.04 Å². The van der Waals surface area contributed by atoms with Crippen LogP contribution in [0.1, 0.15) is 18.9 Å². The Labute approximate surface area is 88.7 Å². The Hall–Kier alpha value is -1.55. The minimum atomic E-state index is -1.31. The molecule has 15 heavy (non-hydrogen) atoms. The van der Waals surface area contributed by atoms with Crippen molar-refractivity contribution in [2.75, 3.05) is 0 Å². The zero-order chi connectivity index (χ0) is 11.3. The summed E-state index contributed by atoms with van der Waals surface area (Å²) in [5.41, 5.74) is 1.14. The fourth-order valence-electron chi connectivity index (χ4n) is 1.33. The van der Waals surface area contributed by atoms with Crippen LogP contribution in [0.2, 0.25) is 0 Å². The SMILES string of the molecule is CC(CCc1ccccc1)N(O)C(=O)O. The maximum atomic E-state index is 10.4. The molecule has 82 valence electrons. The summed E-state index contributed by atoms with van der Waals surface area (Å²) >= 11 is 0. The molecule has 0 aliphatic heterocycles. The summed E-state index contributed by atoms with van der Waals surface area (Å²) in [6.07, 6.45) is 0.0506. The molecular formula is C11H15NO3. The van der Waals surface area contributed by atoms with E-state index in [2.05, 4.69) is 0 Å². The van der Waals surface area contributed by atoms with E-state index in [4.69, 9.17) is 10.3 Å². The maximum Gasteiger partial charge on any atom is 0.431 e. The minimum Gasteiger partial charge on any atom is -0.463 e. The highest BCUT2D eigenvalue weighted by molar-refractivity contribution is 5.63. The number of benzene rings is 1. The number of aryl methyl sites for hydroxylation is 1. The van der Waals surface area contributed by atoms with Crippen molar-refractivity contribution < 1.29 is 15.1 Å². The zero-order valence-electron chi connectivity index (χ0n) is 8.63. The van der Waals surface area contributed by atoms with Crippen LogP contribution in [0.3, 0.4) is 0 Å². The second-order valence-electron chi connectivity index (χ2n) is 3.50. The van der Waals surface area contributed by atoms with Gasteiger partial charge in [-0.25, -0.2) is 4.79 Å². The molecule has 0 heterocycles. The molecule has 1 amide bonds. The quantitative estimate of drug-likeness (QED) is 0.591. The average Bonchev–Trinajstić information content (AvgIpc) is 2.26. The molecule has 0 radical (unpaired) electrons. The molecule has 4 heteroatoms. The first-order chi connectivity index (χ1) is 7.11. The van der Waals surface area contributed by atoms with Crippen molar-refractivity contribution in [3.63, 3.8) is 0 Å². The van der Waals surface area contributed by atoms with Crippen LogP contribution in [0.15, 0.2) is 30.3 Å². The highest BCUT2D eigenvalue weighted by Crippen LogP contribution is 2.08. The molecule has 1 atom stereocenters. The highest BCUT2D eigenvalue weighted by Gasteiger charge is 2.16. The number of amides is 1. The van der Waals surface area contributed by atoms with Gasteiger partial charge < -0.3 is 5.11 Å². The van der Waals surface area contributed by atoms with Gasteiger partial charge in [0.05, 0.1) is 6.04 Å². The minimum absolute atomic E-state index is 0.350. The van der Waals surface area contributed by atoms with Crippen LogP contribution in [-0.4, -0.2) is 27.5 Å². The van der Waals surface area contributed by atoms with E-state index in [1.165, 1.54) is 0 Å². The molecule has 1 aromatic rings. The Balaban J connectivity index is 2.41. The topological polar surface area (TPSA) is 60.8 Å². The van der Waals surface area contributed by atoms with Crippen LogP contribution in [-0.2, 0) is 6.42 Å². The van der Waals surface area contributed by atoms with Crippen LogP contribution in [0.25, 0.3) is 0 Å². The molecule has 1 unspecified atom stereocenters. The number of carboxylic acid groups (broad SMARTS) is 1. The van der Waals surface area contributed by atoms with E-state index in [0.717, 1.165) is 12.0 Å². The van der Waals surface area contributed by atoms with Gasteiger partial charge in [0, 0.05) is 0 Å². The standard InChI is InChI=1S/C11H15NO3/c1-9(12(15)11(13)14)7-8-10-5-3-2-4-6-10/h2-6,9,15H,7-8H2,1H3,(H,13,14). The van der Waals surface area contributed by atoms with Gasteiger partial charge in [-0.1, -0.05) is 30.3 Å². The highest BCUT2D eigenvalue weighted by atomic mass is 16.6. The molecule has 0 aromatic heterocycles. The number of rotatable bonds is 4. The molecule has 0 bridgehead atoms. The van der Waals surface area contributed by atoms with Gasteiger partial charge in [-0.15, -0.1) is 0 Å². The van der Waals surface area contributed by atoms with Crippen LogP contribution < -0.4 is 0 Å². The van der Waals surface area contributed by atoms with E-state index in [1.807, 2.05) is 30.3 Å². The lowest BCUT2D eigenvalue weighted by atomic mass is 10.1. The van der Waals surface area contributed by atoms with E-state index < -0.39 is 6.09 Å². The molecular weight excluding hydrogens is 194 g/mol. The van der Waals surface area contributed by atoms with Crippen molar-refractivity contribution in [1.29, 1.82) is 0 Å². The fourth-order valence-corrected chi connectivity index (χ4v) is 1.33. The lowest BCUT2D eigenvalue weighted by Crippen LogP contribution is -2.34. The third kappa shape index (κ3) is 3.59. The zero-order valence-corrected chi connectivity index (χ0v) is 8.63. The molecule has 0 aliphatic rings. The van der Waals surface area contributed by atoms with E-state index >= 15 is 0 Å². The number of hydrogen-bond acceptors (Lipinski definition) is 2. The fraction of sp³-hybridized carbons (Fsp3) is 0.364. The Morgan fingerprint density at radius 2 is 2.00 bits per heavy atom. The monoisotopic (exact) mass is 209 g/mol. The predicted octanol–water partition coefficient (Wildman–Crippen LogP) is 2.38. The molecule has 0 saturated carbocycles. The van der Waals surface area contributed by atoms with E-state index in [0.29, 0.717) is 11.5 Å². The van der Waals surface area contributed by atoms with Crippen molar-refractivity contribution in [3.05, 3.63) is 35.9 Å². The first-order valence-electron chi connectivity index (χ1n) is 4.86. The number of hydroxylamine groups is 2. The maximum absolute atomic E-state index is 10.4. The second kappa shape index (κ2) is 5.36. The summed E-state index contributed by atoms with van der Waals surface area (Å²) in [6, 6.07) is 9.39. The predicted molar refractivity (Wildman–Crippen MR) is 55.9 cm³/mol. The smallest absolute Gasteiger partial charge is 0.431 e. The first-order valence-corrected chi connectivity index (χ1v) is 4.86. The Bertz CT molecular complexity index is 313. The third-order valence-electron chi connectivity index (χ3n) is 2.31. The molecule has 4 nitrogen and oxygen atoms in total. The van der Waals surface area contributed by atoms with Crippen molar-refractivity contribution in [2.24, 2.45) is 0 Å². The largest absolute Gasteiger partial charge is 0.463 e. The van der Waals surface area contributed by atoms with Crippen LogP contribution in [0, 0.1) is 0 Å². The summed E-state index contributed by atoms with van der Waals surface area (Å²) in [4.78, 5) is 10.4. The second-order valence-corrected chi connectivity index (χ2v) is 3.50. The number of hydrogen-bond donors (Lipinski definition) is 2. The Morgan fingerprint density at radius 1 is 1.40 bits per heavy atom. The summed E-state index contributed by atoms with van der Waals surface area (Å²) in [6.45, 7) is 1.68. The van der Waals surface area contributed by atoms with Crippen molar-refractivity contribution in [1.82, 2.24) is 5.06 Å². The molecule has 2 N–H and O–H groups in total. The molecule has 1 aromatic carbocycles. The van der Waals surface area contributed by atoms with Crippen LogP contribution >= 0.6 is 0 Å². The summed E-state index contributed by atoms with van der Waals surface area (Å²) in [7, 11) is 0. The number of nitrogens with zero attached hydrogens (tertiary/aromatic N) is 1. The van der Waals surface area contributed by atoms with Gasteiger partial charge in [0.25, 0.3) is 0 Å². The van der Waals surface area contributed by atoms with Gasteiger partial charge >= 0.3 is 6.09 Å². The van der Waals surface area contributed by atoms with E-state index in [1.54, 1.807) is 6.92 Å². The Kier molecular flexibility index (Phi) is 4.12. The van der Waals surface area contributed by atoms with Crippen LogP contribution in [0.5, 0.6) is 0 Å². The third-order valence-corrected chi connectivity index (χ3v) is 2.31. The Morgan fingerprint density at radius 3 is 2.53 bits per heavy atom. The van der Waals surface area contributed by atoms with Gasteiger partial charge in [0.1, 0.15) is 0 Å². The van der Waals surface area contributed by atoms with Gasteiger partial charge in [0.2, 0.25) is 0 Å². The van der Waals surface area contributed by atoms with Crippen molar-refractivity contribution >= 4 is 6.09 Å². The normalized spacial score (nSPS) is 12.1. The molecule has 0 fully saturated rings. The summed E-state index contributed by atoms with van der Waals surface area (Å²) in [5, 5.41) is 18.0. The first kappa shape index (κ1) is 11.5. The summed E-state index contributed by atoms with van der Waals surface area (Å²) in [5.74, 6) is 0. The van der Waals surface area contributed by atoms with Gasteiger partial charge in [0.15, 0.2) is 0 Å². The van der Waals surface area contributed by atoms with Crippen molar-refractivity contribution in [2.45, 2.75) is 25.8 Å². The average molecular weight is 209 g/mol. The molecule has 1 rings (SSSR count). The number of carbonyl (C=O) groups is 1. The summed E-state index contributed by atoms with van der Waals surface area (Å²) < 4.78 is 0. The van der Waals surface area contributed by atoms with Gasteiger partial charge in [-0.05, 0) is 25.3 Å². The lowest BCUT2D eigenvalue weighted by molar-refractivity contribution is -0.0929. The molecule has 0 saturated heterocycles. The molecule has 0 spiro atoms. The van der Waals surface area contributed by atoms with E-state index in [9.17, 15) is 4.79 Å². The van der Waals surface area contributed by atoms with Crippen molar-refractivity contribution in [3.8, 4) is 0 Å².